The summed E-state index contributed by atoms with van der Waals surface area (Å²) in [6, 6.07) is 5.59. The first-order valence-electron chi connectivity index (χ1n) is 9.89. The van der Waals surface area contributed by atoms with E-state index in [4.69, 9.17) is 0 Å². The summed E-state index contributed by atoms with van der Waals surface area (Å²) in [6.07, 6.45) is -13.5. The maximum atomic E-state index is 14.4. The van der Waals surface area contributed by atoms with Gasteiger partial charge in [-0.05, 0) is 48.4 Å². The van der Waals surface area contributed by atoms with E-state index < -0.39 is 64.4 Å². The molecular weight excluding hydrogens is 514 g/mol. The van der Waals surface area contributed by atoms with E-state index in [9.17, 15) is 43.9 Å². The normalized spacial score (nSPS) is 12.4. The minimum absolute atomic E-state index is 0.0362. The van der Waals surface area contributed by atoms with Crippen LogP contribution in [0.25, 0.3) is 0 Å². The Labute approximate surface area is 196 Å². The van der Waals surface area contributed by atoms with Crippen molar-refractivity contribution >= 4 is 0 Å². The lowest BCUT2D eigenvalue weighted by molar-refractivity contribution is -0.276. The van der Waals surface area contributed by atoms with E-state index in [1.807, 2.05) is 0 Å². The van der Waals surface area contributed by atoms with Crippen molar-refractivity contribution in [1.29, 1.82) is 0 Å². The van der Waals surface area contributed by atoms with Crippen molar-refractivity contribution in [3.05, 3.63) is 88.7 Å². The second kappa shape index (κ2) is 9.78. The summed E-state index contributed by atoms with van der Waals surface area (Å²) in [5, 5.41) is 0. The molecule has 0 N–H and O–H groups in total. The monoisotopic (exact) mass is 528 g/mol. The quantitative estimate of drug-likeness (QED) is 0.279. The first-order chi connectivity index (χ1) is 16.6. The number of hydrogen-bond acceptors (Lipinski definition) is 3. The van der Waals surface area contributed by atoms with Crippen molar-refractivity contribution in [2.24, 2.45) is 0 Å². The molecule has 0 saturated carbocycles. The van der Waals surface area contributed by atoms with Gasteiger partial charge in [-0.1, -0.05) is 13.0 Å². The lowest BCUT2D eigenvalue weighted by atomic mass is 10.1. The van der Waals surface area contributed by atoms with Gasteiger partial charge in [-0.3, -0.25) is 0 Å². The van der Waals surface area contributed by atoms with Gasteiger partial charge in [0.1, 0.15) is 17.3 Å². The number of hydrogen-bond donors (Lipinski definition) is 0. The Bertz CT molecular complexity index is 1200. The summed E-state index contributed by atoms with van der Waals surface area (Å²) in [6.45, 7) is 1.69. The molecule has 3 aromatic carbocycles. The molecule has 0 saturated heterocycles. The Kier molecular flexibility index (Phi) is 7.32. The first-order valence-corrected chi connectivity index (χ1v) is 9.89. The molecular formula is C23H14F10O3. The maximum Gasteiger partial charge on any atom is 0.573 e. The maximum absolute atomic E-state index is 14.4. The van der Waals surface area contributed by atoms with Crippen LogP contribution in [0.2, 0.25) is 0 Å². The number of ether oxygens (including phenoxy) is 3. The molecule has 0 heterocycles. The molecule has 0 aliphatic heterocycles. The average Bonchev–Trinajstić information content (AvgIpc) is 2.75. The summed E-state index contributed by atoms with van der Waals surface area (Å²) in [7, 11) is 0. The molecule has 0 aromatic heterocycles. The number of rotatable bonds is 8. The predicted molar refractivity (Wildman–Crippen MR) is 104 cm³/mol. The molecule has 0 amide bonds. The van der Waals surface area contributed by atoms with E-state index in [1.165, 1.54) is 6.07 Å². The topological polar surface area (TPSA) is 27.7 Å². The molecule has 3 aromatic rings. The van der Waals surface area contributed by atoms with Gasteiger partial charge in [0.05, 0.1) is 11.1 Å². The second-order valence-corrected chi connectivity index (χ2v) is 7.19. The smallest absolute Gasteiger partial charge is 0.429 e. The third-order valence-electron chi connectivity index (χ3n) is 4.63. The Morgan fingerprint density at radius 2 is 1.17 bits per heavy atom. The van der Waals surface area contributed by atoms with Crippen molar-refractivity contribution in [2.75, 3.05) is 0 Å². The van der Waals surface area contributed by atoms with Gasteiger partial charge in [-0.15, -0.1) is 13.2 Å². The molecule has 194 valence electrons. The van der Waals surface area contributed by atoms with Crippen LogP contribution in [0.4, 0.5) is 43.9 Å². The van der Waals surface area contributed by atoms with Crippen LogP contribution in [0.15, 0.2) is 54.6 Å². The van der Waals surface area contributed by atoms with Gasteiger partial charge in [-0.25, -0.2) is 13.2 Å². The van der Waals surface area contributed by atoms with Crippen LogP contribution < -0.4 is 14.2 Å². The number of benzene rings is 3. The molecule has 0 bridgehead atoms. The third-order valence-corrected chi connectivity index (χ3v) is 4.63. The van der Waals surface area contributed by atoms with Gasteiger partial charge < -0.3 is 14.2 Å². The average molecular weight is 528 g/mol. The minimum Gasteiger partial charge on any atom is -0.429 e. The van der Waals surface area contributed by atoms with E-state index in [2.05, 4.69) is 14.2 Å². The Hall–Kier alpha value is -3.64. The largest absolute Gasteiger partial charge is 0.573 e. The fourth-order valence-electron chi connectivity index (χ4n) is 2.95. The van der Waals surface area contributed by atoms with Gasteiger partial charge in [0, 0.05) is 12.1 Å². The molecule has 0 radical (unpaired) electrons. The molecule has 3 nitrogen and oxygen atoms in total. The van der Waals surface area contributed by atoms with Crippen LogP contribution in [0.3, 0.4) is 0 Å². The standard InChI is InChI=1S/C23H14F10O3/c1-2-12-3-8-16(17(24)9-12)22(29,30)34-14-6-4-13(5-7-14)21(27,28)35-15-10-18(25)20(19(26)11-15)36-23(31,32)33/h3-11H,2H2,1H3. The van der Waals surface area contributed by atoms with Gasteiger partial charge in [0.2, 0.25) is 5.75 Å². The molecule has 36 heavy (non-hydrogen) atoms. The highest BCUT2D eigenvalue weighted by atomic mass is 19.4. The second-order valence-electron chi connectivity index (χ2n) is 7.19. The molecule has 0 spiro atoms. The van der Waals surface area contributed by atoms with E-state index in [-0.39, 0.29) is 12.1 Å². The molecule has 0 fully saturated rings. The third kappa shape index (κ3) is 6.32. The van der Waals surface area contributed by atoms with E-state index in [1.54, 1.807) is 6.92 Å². The van der Waals surface area contributed by atoms with Crippen LogP contribution in [-0.2, 0) is 18.6 Å². The summed E-state index contributed by atoms with van der Waals surface area (Å²) in [5.41, 5.74) is -1.62. The summed E-state index contributed by atoms with van der Waals surface area (Å²) >= 11 is 0. The molecule has 0 unspecified atom stereocenters. The van der Waals surface area contributed by atoms with Crippen molar-refractivity contribution in [2.45, 2.75) is 31.9 Å². The van der Waals surface area contributed by atoms with Crippen LogP contribution >= 0.6 is 0 Å². The van der Waals surface area contributed by atoms with Crippen LogP contribution in [0.1, 0.15) is 23.6 Å². The van der Waals surface area contributed by atoms with E-state index >= 15 is 0 Å². The fourth-order valence-corrected chi connectivity index (χ4v) is 2.95. The van der Waals surface area contributed by atoms with Crippen LogP contribution in [0.5, 0.6) is 17.2 Å². The van der Waals surface area contributed by atoms with Crippen molar-refractivity contribution in [3.63, 3.8) is 0 Å². The van der Waals surface area contributed by atoms with Crippen molar-refractivity contribution in [1.82, 2.24) is 0 Å². The lowest BCUT2D eigenvalue weighted by Crippen LogP contribution is -2.24. The predicted octanol–water partition coefficient (Wildman–Crippen LogP) is 7.82. The highest BCUT2D eigenvalue weighted by Gasteiger charge is 2.39. The zero-order chi connectivity index (χ0) is 26.9. The van der Waals surface area contributed by atoms with Gasteiger partial charge >= 0.3 is 18.6 Å². The summed E-state index contributed by atoms with van der Waals surface area (Å²) < 4.78 is 147. The van der Waals surface area contributed by atoms with Crippen LogP contribution in [0, 0.1) is 17.5 Å². The SMILES string of the molecule is CCc1ccc(C(F)(F)Oc2ccc(C(F)(F)Oc3cc(F)c(OC(F)(F)F)c(F)c3)cc2)c(F)c1. The van der Waals surface area contributed by atoms with Gasteiger partial charge in [-0.2, -0.15) is 17.6 Å². The minimum atomic E-state index is -5.45. The first kappa shape index (κ1) is 27.0. The summed E-state index contributed by atoms with van der Waals surface area (Å²) in [4.78, 5) is 0. The highest BCUT2D eigenvalue weighted by Crippen LogP contribution is 2.38. The highest BCUT2D eigenvalue weighted by molar-refractivity contribution is 5.36. The molecule has 13 heteroatoms. The zero-order valence-corrected chi connectivity index (χ0v) is 17.9. The lowest BCUT2D eigenvalue weighted by Gasteiger charge is -2.21. The van der Waals surface area contributed by atoms with E-state index in [0.717, 1.165) is 12.1 Å². The van der Waals surface area contributed by atoms with Crippen molar-refractivity contribution < 1.29 is 58.1 Å². The fraction of sp³-hybridized carbons (Fsp3) is 0.217. The molecule has 3 rings (SSSR count). The van der Waals surface area contributed by atoms with E-state index in [0.29, 0.717) is 36.2 Å². The van der Waals surface area contributed by atoms with Gasteiger partial charge in [0.25, 0.3) is 0 Å². The Balaban J connectivity index is 1.77. The molecule has 0 aliphatic carbocycles. The Morgan fingerprint density at radius 3 is 1.67 bits per heavy atom. The zero-order valence-electron chi connectivity index (χ0n) is 17.9. The number of aryl methyl sites for hydroxylation is 1. The van der Waals surface area contributed by atoms with Crippen molar-refractivity contribution in [3.8, 4) is 17.2 Å². The Morgan fingerprint density at radius 1 is 0.611 bits per heavy atom. The van der Waals surface area contributed by atoms with Gasteiger partial charge in [0.15, 0.2) is 11.6 Å². The summed E-state index contributed by atoms with van der Waals surface area (Å²) in [5.74, 6) is -8.87. The number of alkyl halides is 7. The molecule has 0 atom stereocenters. The molecule has 0 aliphatic rings. The number of halogens is 10. The van der Waals surface area contributed by atoms with Crippen LogP contribution in [-0.4, -0.2) is 6.36 Å².